The molecule has 0 saturated carbocycles. The number of H-pyrrole nitrogens is 1. The summed E-state index contributed by atoms with van der Waals surface area (Å²) in [5, 5.41) is 3.26. The number of rotatable bonds is 3. The van der Waals surface area contributed by atoms with E-state index in [1.165, 1.54) is 23.4 Å². The minimum atomic E-state index is 0.500. The number of fused-ring (bicyclic) bond motifs is 1. The summed E-state index contributed by atoms with van der Waals surface area (Å²) in [7, 11) is 0. The van der Waals surface area contributed by atoms with Crippen molar-refractivity contribution in [1.82, 2.24) is 19.9 Å². The molecule has 3 heterocycles. The molecule has 0 radical (unpaired) electrons. The van der Waals surface area contributed by atoms with Crippen LogP contribution in [0.4, 0.5) is 0 Å². The molecule has 0 unspecified atom stereocenters. The normalized spacial score (nSPS) is 19.8. The summed E-state index contributed by atoms with van der Waals surface area (Å²) in [6, 6.07) is 6.34. The quantitative estimate of drug-likeness (QED) is 0.802. The highest BCUT2D eigenvalue weighted by atomic mass is 32.1. The van der Waals surface area contributed by atoms with Crippen LogP contribution in [0.5, 0.6) is 0 Å². The SMILES string of the molecule is Cc1cccc2[nH]c([C@@H]3CCCN(Cc4nccs4)C3)nc12. The third kappa shape index (κ3) is 2.66. The number of hydrogen-bond acceptors (Lipinski definition) is 4. The number of piperidine rings is 1. The van der Waals surface area contributed by atoms with Crippen LogP contribution in [0, 0.1) is 6.92 Å². The zero-order chi connectivity index (χ0) is 14.9. The van der Waals surface area contributed by atoms with Crippen molar-refractivity contribution < 1.29 is 0 Å². The molecule has 0 aliphatic carbocycles. The van der Waals surface area contributed by atoms with Crippen LogP contribution in [-0.2, 0) is 6.54 Å². The van der Waals surface area contributed by atoms with E-state index in [1.807, 2.05) is 6.20 Å². The van der Waals surface area contributed by atoms with E-state index in [4.69, 9.17) is 4.98 Å². The highest BCUT2D eigenvalue weighted by Crippen LogP contribution is 2.28. The molecular weight excluding hydrogens is 292 g/mol. The zero-order valence-corrected chi connectivity index (χ0v) is 13.6. The second kappa shape index (κ2) is 5.82. The molecule has 1 aliphatic heterocycles. The van der Waals surface area contributed by atoms with Gasteiger partial charge in [-0.3, -0.25) is 4.90 Å². The number of thiazole rings is 1. The molecule has 1 aromatic carbocycles. The number of hydrogen-bond donors (Lipinski definition) is 1. The first-order valence-electron chi connectivity index (χ1n) is 7.85. The fourth-order valence-electron chi connectivity index (χ4n) is 3.33. The van der Waals surface area contributed by atoms with Crippen molar-refractivity contribution in [2.75, 3.05) is 13.1 Å². The van der Waals surface area contributed by atoms with Crippen LogP contribution in [0.1, 0.15) is 35.2 Å². The van der Waals surface area contributed by atoms with Gasteiger partial charge < -0.3 is 4.98 Å². The monoisotopic (exact) mass is 312 g/mol. The van der Waals surface area contributed by atoms with Crippen molar-refractivity contribution in [3.05, 3.63) is 46.2 Å². The molecule has 1 aliphatic rings. The summed E-state index contributed by atoms with van der Waals surface area (Å²) in [5.41, 5.74) is 3.53. The summed E-state index contributed by atoms with van der Waals surface area (Å²) >= 11 is 1.74. The van der Waals surface area contributed by atoms with Gasteiger partial charge >= 0.3 is 0 Å². The molecule has 1 atom stereocenters. The lowest BCUT2D eigenvalue weighted by atomic mass is 9.97. The first-order valence-corrected chi connectivity index (χ1v) is 8.73. The molecule has 0 amide bonds. The van der Waals surface area contributed by atoms with Crippen molar-refractivity contribution in [1.29, 1.82) is 0 Å². The van der Waals surface area contributed by atoms with E-state index in [-0.39, 0.29) is 0 Å². The smallest absolute Gasteiger partial charge is 0.111 e. The van der Waals surface area contributed by atoms with Gasteiger partial charge in [0.15, 0.2) is 0 Å². The van der Waals surface area contributed by atoms with Gasteiger partial charge in [-0.15, -0.1) is 11.3 Å². The maximum absolute atomic E-state index is 4.87. The van der Waals surface area contributed by atoms with Crippen molar-refractivity contribution in [2.45, 2.75) is 32.2 Å². The van der Waals surface area contributed by atoms with E-state index in [9.17, 15) is 0 Å². The van der Waals surface area contributed by atoms with Crippen molar-refractivity contribution in [3.63, 3.8) is 0 Å². The Bertz CT molecular complexity index is 762. The van der Waals surface area contributed by atoms with E-state index >= 15 is 0 Å². The van der Waals surface area contributed by atoms with Gasteiger partial charge in [0.25, 0.3) is 0 Å². The Balaban J connectivity index is 1.54. The minimum Gasteiger partial charge on any atom is -0.342 e. The second-order valence-electron chi connectivity index (χ2n) is 6.09. The van der Waals surface area contributed by atoms with Gasteiger partial charge in [-0.1, -0.05) is 12.1 Å². The van der Waals surface area contributed by atoms with E-state index < -0.39 is 0 Å². The fraction of sp³-hybridized carbons (Fsp3) is 0.412. The summed E-state index contributed by atoms with van der Waals surface area (Å²) in [5.74, 6) is 1.65. The molecule has 4 nitrogen and oxygen atoms in total. The molecule has 114 valence electrons. The minimum absolute atomic E-state index is 0.500. The first kappa shape index (κ1) is 13.9. The third-order valence-corrected chi connectivity index (χ3v) is 5.23. The molecule has 5 heteroatoms. The zero-order valence-electron chi connectivity index (χ0n) is 12.7. The Morgan fingerprint density at radius 3 is 3.18 bits per heavy atom. The van der Waals surface area contributed by atoms with Crippen LogP contribution >= 0.6 is 11.3 Å². The van der Waals surface area contributed by atoms with Gasteiger partial charge in [-0.25, -0.2) is 9.97 Å². The molecule has 0 bridgehead atoms. The standard InChI is InChI=1S/C17H20N4S/c1-12-4-2-6-14-16(12)20-17(19-14)13-5-3-8-21(10-13)11-15-18-7-9-22-15/h2,4,6-7,9,13H,3,5,8,10-11H2,1H3,(H,19,20)/t13-/m1/s1. The summed E-state index contributed by atoms with van der Waals surface area (Å²) in [6.45, 7) is 5.32. The number of nitrogens with one attached hydrogen (secondary N) is 1. The van der Waals surface area contributed by atoms with E-state index in [1.54, 1.807) is 11.3 Å². The van der Waals surface area contributed by atoms with Crippen molar-refractivity contribution >= 4 is 22.4 Å². The number of para-hydroxylation sites is 1. The molecule has 1 N–H and O–H groups in total. The fourth-order valence-corrected chi connectivity index (χ4v) is 3.99. The highest BCUT2D eigenvalue weighted by molar-refractivity contribution is 7.09. The molecule has 4 rings (SSSR count). The maximum atomic E-state index is 4.87. The average Bonchev–Trinajstić information content (AvgIpc) is 3.17. The number of imidazole rings is 1. The van der Waals surface area contributed by atoms with Crippen LogP contribution in [-0.4, -0.2) is 32.9 Å². The number of aromatic nitrogens is 3. The summed E-state index contributed by atoms with van der Waals surface area (Å²) < 4.78 is 0. The molecule has 1 fully saturated rings. The lowest BCUT2D eigenvalue weighted by Gasteiger charge is -2.31. The van der Waals surface area contributed by atoms with Gasteiger partial charge in [0.05, 0.1) is 17.6 Å². The molecule has 1 saturated heterocycles. The number of aromatic amines is 1. The largest absolute Gasteiger partial charge is 0.342 e. The molecular formula is C17H20N4S. The van der Waals surface area contributed by atoms with Crippen LogP contribution in [0.25, 0.3) is 11.0 Å². The third-order valence-electron chi connectivity index (χ3n) is 4.47. The highest BCUT2D eigenvalue weighted by Gasteiger charge is 2.24. The Kier molecular flexibility index (Phi) is 3.68. The van der Waals surface area contributed by atoms with Crippen LogP contribution in [0.15, 0.2) is 29.8 Å². The average molecular weight is 312 g/mol. The predicted octanol–water partition coefficient (Wildman–Crippen LogP) is 3.71. The second-order valence-corrected chi connectivity index (χ2v) is 7.07. The van der Waals surface area contributed by atoms with Gasteiger partial charge in [0.2, 0.25) is 0 Å². The number of benzene rings is 1. The van der Waals surface area contributed by atoms with E-state index in [0.717, 1.165) is 36.5 Å². The molecule has 22 heavy (non-hydrogen) atoms. The lowest BCUT2D eigenvalue weighted by Crippen LogP contribution is -2.34. The Morgan fingerprint density at radius 1 is 1.41 bits per heavy atom. The number of nitrogens with zero attached hydrogens (tertiary/aromatic N) is 3. The maximum Gasteiger partial charge on any atom is 0.111 e. The van der Waals surface area contributed by atoms with Gasteiger partial charge in [-0.05, 0) is 37.9 Å². The van der Waals surface area contributed by atoms with Crippen LogP contribution in [0.2, 0.25) is 0 Å². The topological polar surface area (TPSA) is 44.8 Å². The predicted molar refractivity (Wildman–Crippen MR) is 90.2 cm³/mol. The van der Waals surface area contributed by atoms with Crippen LogP contribution < -0.4 is 0 Å². The first-order chi connectivity index (χ1) is 10.8. The van der Waals surface area contributed by atoms with Gasteiger partial charge in [0, 0.05) is 24.0 Å². The Morgan fingerprint density at radius 2 is 2.36 bits per heavy atom. The van der Waals surface area contributed by atoms with Crippen molar-refractivity contribution in [3.8, 4) is 0 Å². The summed E-state index contributed by atoms with van der Waals surface area (Å²) in [6.07, 6.45) is 4.34. The summed E-state index contributed by atoms with van der Waals surface area (Å²) in [4.78, 5) is 15.3. The van der Waals surface area contributed by atoms with Gasteiger partial charge in [0.1, 0.15) is 10.8 Å². The number of likely N-dealkylation sites (tertiary alicyclic amines) is 1. The van der Waals surface area contributed by atoms with Gasteiger partial charge in [-0.2, -0.15) is 0 Å². The molecule has 3 aromatic rings. The molecule has 2 aromatic heterocycles. The lowest BCUT2D eigenvalue weighted by molar-refractivity contribution is 0.197. The van der Waals surface area contributed by atoms with Crippen molar-refractivity contribution in [2.24, 2.45) is 0 Å². The Labute approximate surface area is 134 Å². The number of aryl methyl sites for hydroxylation is 1. The Hall–Kier alpha value is -1.72. The van der Waals surface area contributed by atoms with Crippen LogP contribution in [0.3, 0.4) is 0 Å². The molecule has 0 spiro atoms. The van der Waals surface area contributed by atoms with E-state index in [2.05, 4.69) is 45.4 Å². The van der Waals surface area contributed by atoms with E-state index in [0.29, 0.717) is 5.92 Å².